The first kappa shape index (κ1) is 15.0. The van der Waals surface area contributed by atoms with Gasteiger partial charge in [-0.05, 0) is 6.07 Å². The summed E-state index contributed by atoms with van der Waals surface area (Å²) in [5, 5.41) is 23.4. The van der Waals surface area contributed by atoms with Crippen LogP contribution in [-0.2, 0) is 9.59 Å². The Balaban J connectivity index is 0.000000366. The molecule has 0 aliphatic heterocycles. The summed E-state index contributed by atoms with van der Waals surface area (Å²) in [6.07, 6.45) is 0. The fourth-order valence-corrected chi connectivity index (χ4v) is 0.874. The number of aliphatic hydroxyl groups excluding tert-OH is 1. The van der Waals surface area contributed by atoms with Gasteiger partial charge in [0.05, 0.1) is 12.6 Å². The summed E-state index contributed by atoms with van der Waals surface area (Å²) in [5.74, 6) is -4.01. The van der Waals surface area contributed by atoms with Crippen LogP contribution in [-0.4, -0.2) is 33.9 Å². The van der Waals surface area contributed by atoms with Gasteiger partial charge in [-0.25, -0.2) is 14.0 Å². The van der Waals surface area contributed by atoms with Crippen molar-refractivity contribution in [2.75, 3.05) is 6.61 Å². The van der Waals surface area contributed by atoms with Gasteiger partial charge in [0.1, 0.15) is 5.82 Å². The Morgan fingerprint density at radius 1 is 1.24 bits per heavy atom. The number of benzene rings is 1. The lowest BCUT2D eigenvalue weighted by atomic mass is 10.1. The van der Waals surface area contributed by atoms with Crippen molar-refractivity contribution < 1.29 is 29.3 Å². The highest BCUT2D eigenvalue weighted by Crippen LogP contribution is 2.12. The molecule has 0 aromatic heterocycles. The van der Waals surface area contributed by atoms with Crippen LogP contribution in [0.1, 0.15) is 11.6 Å². The topological polar surface area (TPSA) is 121 Å². The van der Waals surface area contributed by atoms with E-state index < -0.39 is 18.0 Å². The minimum atomic E-state index is -1.82. The monoisotopic (exact) mass is 245 g/mol. The maximum Gasteiger partial charge on any atom is 0.414 e. The lowest BCUT2D eigenvalue weighted by molar-refractivity contribution is -0.159. The number of aliphatic carboxylic acids is 2. The standard InChI is InChI=1S/C8H10FNO.C2H2O4/c9-7-4-2-1-3-6(7)8(10)5-11;3-1(4)2(5)6/h1-4,8,11H,5,10H2;(H,3,4)(H,5,6). The third-order valence-electron chi connectivity index (χ3n) is 1.68. The van der Waals surface area contributed by atoms with Gasteiger partial charge in [0.25, 0.3) is 0 Å². The molecular weight excluding hydrogens is 233 g/mol. The molecule has 0 heterocycles. The van der Waals surface area contributed by atoms with Crippen LogP contribution in [0.2, 0.25) is 0 Å². The molecule has 1 atom stereocenters. The number of carboxylic acid groups (broad SMARTS) is 2. The van der Waals surface area contributed by atoms with E-state index in [0.29, 0.717) is 5.56 Å². The predicted octanol–water partition coefficient (Wildman–Crippen LogP) is -0.0266. The Bertz CT molecular complexity index is 384. The average Bonchev–Trinajstić information content (AvgIpc) is 2.29. The molecule has 1 aromatic carbocycles. The molecule has 0 aliphatic carbocycles. The van der Waals surface area contributed by atoms with Crippen molar-refractivity contribution in [3.63, 3.8) is 0 Å². The summed E-state index contributed by atoms with van der Waals surface area (Å²) in [6, 6.07) is 5.55. The number of carboxylic acids is 2. The molecule has 17 heavy (non-hydrogen) atoms. The molecule has 94 valence electrons. The number of hydrogen-bond donors (Lipinski definition) is 4. The molecule has 1 unspecified atom stereocenters. The van der Waals surface area contributed by atoms with E-state index in [1.807, 2.05) is 0 Å². The Kier molecular flexibility index (Phi) is 6.46. The quantitative estimate of drug-likeness (QED) is 0.543. The van der Waals surface area contributed by atoms with Crippen molar-refractivity contribution in [1.82, 2.24) is 0 Å². The highest BCUT2D eigenvalue weighted by molar-refractivity contribution is 6.27. The molecular formula is C10H12FNO5. The molecule has 0 saturated carbocycles. The van der Waals surface area contributed by atoms with Crippen molar-refractivity contribution in [2.45, 2.75) is 6.04 Å². The summed E-state index contributed by atoms with van der Waals surface area (Å²) >= 11 is 0. The summed E-state index contributed by atoms with van der Waals surface area (Å²) in [7, 11) is 0. The van der Waals surface area contributed by atoms with E-state index in [9.17, 15) is 4.39 Å². The average molecular weight is 245 g/mol. The van der Waals surface area contributed by atoms with Crippen molar-refractivity contribution >= 4 is 11.9 Å². The zero-order valence-electron chi connectivity index (χ0n) is 8.71. The first-order valence-electron chi connectivity index (χ1n) is 4.47. The van der Waals surface area contributed by atoms with E-state index >= 15 is 0 Å². The van der Waals surface area contributed by atoms with Crippen LogP contribution < -0.4 is 5.73 Å². The van der Waals surface area contributed by atoms with Gasteiger partial charge in [0.2, 0.25) is 0 Å². The second kappa shape index (κ2) is 7.31. The zero-order valence-corrected chi connectivity index (χ0v) is 8.71. The first-order valence-corrected chi connectivity index (χ1v) is 4.47. The van der Waals surface area contributed by atoms with Crippen LogP contribution in [0, 0.1) is 5.82 Å². The molecule has 0 radical (unpaired) electrons. The highest BCUT2D eigenvalue weighted by Gasteiger charge is 2.07. The largest absolute Gasteiger partial charge is 0.473 e. The van der Waals surface area contributed by atoms with Crippen LogP contribution in [0.4, 0.5) is 4.39 Å². The van der Waals surface area contributed by atoms with Crippen molar-refractivity contribution in [1.29, 1.82) is 0 Å². The van der Waals surface area contributed by atoms with Gasteiger partial charge in [-0.3, -0.25) is 0 Å². The van der Waals surface area contributed by atoms with Crippen molar-refractivity contribution in [2.24, 2.45) is 5.73 Å². The van der Waals surface area contributed by atoms with E-state index in [-0.39, 0.29) is 12.4 Å². The number of aliphatic hydroxyl groups is 1. The number of halogens is 1. The third-order valence-corrected chi connectivity index (χ3v) is 1.68. The Hall–Kier alpha value is -1.99. The molecule has 5 N–H and O–H groups in total. The van der Waals surface area contributed by atoms with Gasteiger partial charge in [0.15, 0.2) is 0 Å². The number of nitrogens with two attached hydrogens (primary N) is 1. The minimum absolute atomic E-state index is 0.235. The molecule has 0 spiro atoms. The van der Waals surface area contributed by atoms with Crippen LogP contribution in [0.15, 0.2) is 24.3 Å². The predicted molar refractivity (Wildman–Crippen MR) is 55.7 cm³/mol. The van der Waals surface area contributed by atoms with Gasteiger partial charge in [-0.15, -0.1) is 0 Å². The van der Waals surface area contributed by atoms with E-state index in [4.69, 9.17) is 30.6 Å². The maximum absolute atomic E-state index is 12.8. The number of rotatable bonds is 2. The summed E-state index contributed by atoms with van der Waals surface area (Å²) in [4.78, 5) is 18.2. The molecule has 0 bridgehead atoms. The molecule has 0 fully saturated rings. The molecule has 1 rings (SSSR count). The van der Waals surface area contributed by atoms with Crippen LogP contribution >= 0.6 is 0 Å². The third kappa shape index (κ3) is 5.59. The smallest absolute Gasteiger partial charge is 0.414 e. The van der Waals surface area contributed by atoms with Crippen molar-refractivity contribution in [3.8, 4) is 0 Å². The molecule has 6 nitrogen and oxygen atoms in total. The second-order valence-electron chi connectivity index (χ2n) is 2.92. The van der Waals surface area contributed by atoms with E-state index in [1.54, 1.807) is 18.2 Å². The van der Waals surface area contributed by atoms with Gasteiger partial charge in [-0.1, -0.05) is 18.2 Å². The molecule has 0 aliphatic rings. The van der Waals surface area contributed by atoms with E-state index in [1.165, 1.54) is 6.07 Å². The molecule has 1 aromatic rings. The second-order valence-corrected chi connectivity index (χ2v) is 2.92. The van der Waals surface area contributed by atoms with E-state index in [2.05, 4.69) is 0 Å². The highest BCUT2D eigenvalue weighted by atomic mass is 19.1. The van der Waals surface area contributed by atoms with Gasteiger partial charge in [0, 0.05) is 5.56 Å². The lowest BCUT2D eigenvalue weighted by Gasteiger charge is -2.08. The number of hydrogen-bond acceptors (Lipinski definition) is 4. The van der Waals surface area contributed by atoms with Crippen molar-refractivity contribution in [3.05, 3.63) is 35.6 Å². The normalized spacial score (nSPS) is 11.0. The number of carbonyl (C=O) groups is 2. The summed E-state index contributed by atoms with van der Waals surface area (Å²) < 4.78 is 12.8. The van der Waals surface area contributed by atoms with E-state index in [0.717, 1.165) is 0 Å². The maximum atomic E-state index is 12.8. The Morgan fingerprint density at radius 3 is 2.06 bits per heavy atom. The zero-order chi connectivity index (χ0) is 13.4. The fraction of sp³-hybridized carbons (Fsp3) is 0.200. The van der Waals surface area contributed by atoms with Crippen LogP contribution in [0.25, 0.3) is 0 Å². The van der Waals surface area contributed by atoms with Gasteiger partial charge >= 0.3 is 11.9 Å². The molecule has 0 saturated heterocycles. The Morgan fingerprint density at radius 2 is 1.71 bits per heavy atom. The summed E-state index contributed by atoms with van der Waals surface area (Å²) in [5.41, 5.74) is 5.76. The van der Waals surface area contributed by atoms with Crippen LogP contribution in [0.3, 0.4) is 0 Å². The SMILES string of the molecule is NC(CO)c1ccccc1F.O=C(O)C(=O)O. The van der Waals surface area contributed by atoms with Crippen LogP contribution in [0.5, 0.6) is 0 Å². The van der Waals surface area contributed by atoms with Gasteiger partial charge in [-0.2, -0.15) is 0 Å². The van der Waals surface area contributed by atoms with Gasteiger partial charge < -0.3 is 21.1 Å². The lowest BCUT2D eigenvalue weighted by Crippen LogP contribution is -2.15. The molecule has 0 amide bonds. The molecule has 7 heteroatoms. The minimum Gasteiger partial charge on any atom is -0.473 e. The first-order chi connectivity index (χ1) is 7.90. The fourth-order valence-electron chi connectivity index (χ4n) is 0.874. The Labute approximate surface area is 96.1 Å². The summed E-state index contributed by atoms with van der Waals surface area (Å²) in [6.45, 7) is -0.235.